The number of halogens is 1. The highest BCUT2D eigenvalue weighted by Gasteiger charge is 2.14. The molecule has 0 radical (unpaired) electrons. The zero-order chi connectivity index (χ0) is 17.0. The van der Waals surface area contributed by atoms with Crippen molar-refractivity contribution in [3.8, 4) is 11.5 Å². The topological polar surface area (TPSA) is 47.6 Å². The highest BCUT2D eigenvalue weighted by molar-refractivity contribution is 9.10. The Morgan fingerprint density at radius 3 is 2.39 bits per heavy atom. The number of hydrogen-bond acceptors (Lipinski definition) is 3. The van der Waals surface area contributed by atoms with Gasteiger partial charge in [0.05, 0.1) is 24.7 Å². The summed E-state index contributed by atoms with van der Waals surface area (Å²) in [5.41, 5.74) is 2.56. The molecule has 2 aromatic carbocycles. The molecule has 0 saturated carbocycles. The summed E-state index contributed by atoms with van der Waals surface area (Å²) in [5, 5.41) is 2.99. The number of methoxy groups -OCH3 is 2. The van der Waals surface area contributed by atoms with Crippen LogP contribution in [0.3, 0.4) is 0 Å². The highest BCUT2D eigenvalue weighted by atomic mass is 79.9. The van der Waals surface area contributed by atoms with Gasteiger partial charge in [-0.1, -0.05) is 12.1 Å². The van der Waals surface area contributed by atoms with E-state index in [0.29, 0.717) is 11.3 Å². The van der Waals surface area contributed by atoms with Gasteiger partial charge in [-0.3, -0.25) is 4.79 Å². The molecule has 5 heteroatoms. The second kappa shape index (κ2) is 7.51. The van der Waals surface area contributed by atoms with Gasteiger partial charge in [-0.15, -0.1) is 0 Å². The summed E-state index contributed by atoms with van der Waals surface area (Å²) >= 11 is 3.46. The van der Waals surface area contributed by atoms with Crippen molar-refractivity contribution in [3.05, 3.63) is 57.6 Å². The van der Waals surface area contributed by atoms with E-state index in [0.717, 1.165) is 21.3 Å². The number of hydrogen-bond donors (Lipinski definition) is 1. The first-order valence-corrected chi connectivity index (χ1v) is 8.04. The Morgan fingerprint density at radius 1 is 1.09 bits per heavy atom. The lowest BCUT2D eigenvalue weighted by atomic mass is 10.1. The number of aryl methyl sites for hydroxylation is 1. The zero-order valence-electron chi connectivity index (χ0n) is 13.6. The van der Waals surface area contributed by atoms with E-state index in [-0.39, 0.29) is 11.9 Å². The number of carbonyl (C=O) groups is 1. The predicted octanol–water partition coefficient (Wildman–Crippen LogP) is 4.27. The van der Waals surface area contributed by atoms with E-state index >= 15 is 0 Å². The molecule has 0 aliphatic heterocycles. The van der Waals surface area contributed by atoms with Crippen LogP contribution < -0.4 is 14.8 Å². The van der Waals surface area contributed by atoms with Gasteiger partial charge in [-0.25, -0.2) is 0 Å². The van der Waals surface area contributed by atoms with E-state index in [1.165, 1.54) is 0 Å². The van der Waals surface area contributed by atoms with Crippen molar-refractivity contribution in [2.75, 3.05) is 14.2 Å². The molecule has 0 fully saturated rings. The van der Waals surface area contributed by atoms with Crippen LogP contribution in [0, 0.1) is 6.92 Å². The number of amides is 1. The third kappa shape index (κ3) is 4.05. The Hall–Kier alpha value is -2.01. The summed E-state index contributed by atoms with van der Waals surface area (Å²) in [5.74, 6) is 1.33. The smallest absolute Gasteiger partial charge is 0.251 e. The summed E-state index contributed by atoms with van der Waals surface area (Å²) < 4.78 is 11.3. The van der Waals surface area contributed by atoms with Crippen LogP contribution in [0.25, 0.3) is 0 Å². The molecule has 0 bridgehead atoms. The lowest BCUT2D eigenvalue weighted by molar-refractivity contribution is 0.0939. The fraction of sp³-hybridized carbons (Fsp3) is 0.278. The summed E-state index contributed by atoms with van der Waals surface area (Å²) in [6.45, 7) is 3.88. The quantitative estimate of drug-likeness (QED) is 0.846. The van der Waals surface area contributed by atoms with Gasteiger partial charge in [0.15, 0.2) is 0 Å². The third-order valence-corrected chi connectivity index (χ3v) is 4.31. The van der Waals surface area contributed by atoms with Crippen molar-refractivity contribution in [3.63, 3.8) is 0 Å². The summed E-state index contributed by atoms with van der Waals surface area (Å²) in [6, 6.07) is 11.0. The molecule has 1 N–H and O–H groups in total. The Balaban J connectivity index is 2.14. The van der Waals surface area contributed by atoms with Crippen LogP contribution in [0.4, 0.5) is 0 Å². The number of carbonyl (C=O) groups excluding carboxylic acids is 1. The summed E-state index contributed by atoms with van der Waals surface area (Å²) in [4.78, 5) is 12.4. The number of rotatable bonds is 5. The molecule has 122 valence electrons. The van der Waals surface area contributed by atoms with E-state index in [2.05, 4.69) is 21.2 Å². The molecule has 1 atom stereocenters. The van der Waals surface area contributed by atoms with Gasteiger partial charge in [0.1, 0.15) is 11.5 Å². The van der Waals surface area contributed by atoms with Gasteiger partial charge < -0.3 is 14.8 Å². The number of nitrogens with one attached hydrogen (secondary N) is 1. The molecular weight excluding hydrogens is 358 g/mol. The molecule has 4 nitrogen and oxygen atoms in total. The molecule has 0 unspecified atom stereocenters. The monoisotopic (exact) mass is 377 g/mol. The zero-order valence-corrected chi connectivity index (χ0v) is 15.2. The second-order valence-corrected chi connectivity index (χ2v) is 6.13. The molecule has 23 heavy (non-hydrogen) atoms. The first kappa shape index (κ1) is 17.3. The largest absolute Gasteiger partial charge is 0.496 e. The van der Waals surface area contributed by atoms with Crippen molar-refractivity contribution in [2.45, 2.75) is 19.9 Å². The van der Waals surface area contributed by atoms with Crippen molar-refractivity contribution in [1.29, 1.82) is 0 Å². The van der Waals surface area contributed by atoms with Crippen molar-refractivity contribution in [2.24, 2.45) is 0 Å². The van der Waals surface area contributed by atoms with Crippen molar-refractivity contribution < 1.29 is 14.3 Å². The van der Waals surface area contributed by atoms with Crippen molar-refractivity contribution in [1.82, 2.24) is 5.32 Å². The molecule has 0 aromatic heterocycles. The van der Waals surface area contributed by atoms with Gasteiger partial charge >= 0.3 is 0 Å². The predicted molar refractivity (Wildman–Crippen MR) is 94.3 cm³/mol. The molecule has 1 amide bonds. The van der Waals surface area contributed by atoms with E-state index in [9.17, 15) is 4.79 Å². The first-order chi connectivity index (χ1) is 11.0. The number of benzene rings is 2. The third-order valence-electron chi connectivity index (χ3n) is 3.69. The minimum Gasteiger partial charge on any atom is -0.496 e. The second-order valence-electron chi connectivity index (χ2n) is 5.27. The Bertz CT molecular complexity index is 715. The van der Waals surface area contributed by atoms with Crippen LogP contribution in [0.1, 0.15) is 34.5 Å². The Morgan fingerprint density at radius 2 is 1.78 bits per heavy atom. The molecular formula is C18H20BrNO3. The summed E-state index contributed by atoms with van der Waals surface area (Å²) in [7, 11) is 3.22. The molecule has 2 aromatic rings. The van der Waals surface area contributed by atoms with Crippen LogP contribution in [0.15, 0.2) is 40.9 Å². The molecule has 0 saturated heterocycles. The standard InChI is InChI=1S/C18H20BrNO3/c1-11-5-6-14(10-17(11)23-4)18(21)20-12(2)13-7-8-16(22-3)15(19)9-13/h5-10,12H,1-4H3,(H,20,21)/t12-/m0/s1. The van der Waals surface area contributed by atoms with E-state index in [4.69, 9.17) is 9.47 Å². The van der Waals surface area contributed by atoms with Crippen molar-refractivity contribution >= 4 is 21.8 Å². The minimum absolute atomic E-state index is 0.128. The first-order valence-electron chi connectivity index (χ1n) is 7.25. The maximum atomic E-state index is 12.4. The molecule has 0 spiro atoms. The average Bonchev–Trinajstić information content (AvgIpc) is 2.54. The fourth-order valence-electron chi connectivity index (χ4n) is 2.28. The summed E-state index contributed by atoms with van der Waals surface area (Å²) in [6.07, 6.45) is 0. The molecule has 0 aliphatic carbocycles. The normalized spacial score (nSPS) is 11.7. The van der Waals surface area contributed by atoms with Gasteiger partial charge in [0.25, 0.3) is 5.91 Å². The van der Waals surface area contributed by atoms with Crippen LogP contribution in [0.5, 0.6) is 11.5 Å². The average molecular weight is 378 g/mol. The SMILES string of the molecule is COc1cc(C(=O)N[C@@H](C)c2ccc(OC)c(Br)c2)ccc1C. The van der Waals surface area contributed by atoms with Gasteiger partial charge in [-0.05, 0) is 65.2 Å². The highest BCUT2D eigenvalue weighted by Crippen LogP contribution is 2.28. The Labute approximate surface area is 144 Å². The minimum atomic E-state index is -0.136. The van der Waals surface area contributed by atoms with E-state index in [1.807, 2.05) is 38.1 Å². The maximum Gasteiger partial charge on any atom is 0.251 e. The van der Waals surface area contributed by atoms with Gasteiger partial charge in [0, 0.05) is 5.56 Å². The lowest BCUT2D eigenvalue weighted by Gasteiger charge is -2.16. The lowest BCUT2D eigenvalue weighted by Crippen LogP contribution is -2.26. The van der Waals surface area contributed by atoms with E-state index < -0.39 is 0 Å². The number of ether oxygens (including phenoxy) is 2. The Kier molecular flexibility index (Phi) is 5.66. The molecule has 0 aliphatic rings. The van der Waals surface area contributed by atoms with Gasteiger partial charge in [-0.2, -0.15) is 0 Å². The van der Waals surface area contributed by atoms with Gasteiger partial charge in [0.2, 0.25) is 0 Å². The van der Waals surface area contributed by atoms with Crippen LogP contribution in [0.2, 0.25) is 0 Å². The van der Waals surface area contributed by atoms with Crippen LogP contribution >= 0.6 is 15.9 Å². The van der Waals surface area contributed by atoms with E-state index in [1.54, 1.807) is 26.4 Å². The van der Waals surface area contributed by atoms with Crippen LogP contribution in [-0.2, 0) is 0 Å². The molecule has 0 heterocycles. The van der Waals surface area contributed by atoms with Crippen LogP contribution in [-0.4, -0.2) is 20.1 Å². The fourth-order valence-corrected chi connectivity index (χ4v) is 2.83. The molecule has 2 rings (SSSR count). The maximum absolute atomic E-state index is 12.4.